The predicted octanol–water partition coefficient (Wildman–Crippen LogP) is 3.07. The fraction of sp³-hybridized carbons (Fsp3) is 0.217. The molecule has 2 N–H and O–H groups in total. The summed E-state index contributed by atoms with van der Waals surface area (Å²) < 4.78 is 18.0. The van der Waals surface area contributed by atoms with Crippen LogP contribution in [0, 0.1) is 0 Å². The molecule has 2 heterocycles. The molecular formula is C23H23N5O3S. The molecule has 0 amide bonds. The predicted molar refractivity (Wildman–Crippen MR) is 122 cm³/mol. The molecule has 0 saturated heterocycles. The summed E-state index contributed by atoms with van der Waals surface area (Å²) in [5.41, 5.74) is 3.95. The molecule has 1 atom stereocenters. The number of hydrogen-bond acceptors (Lipinski definition) is 8. The van der Waals surface area contributed by atoms with Crippen LogP contribution in [-0.4, -0.2) is 48.9 Å². The molecule has 0 aliphatic rings. The van der Waals surface area contributed by atoms with Crippen molar-refractivity contribution in [1.82, 2.24) is 25.5 Å². The summed E-state index contributed by atoms with van der Waals surface area (Å²) in [5, 5.41) is 20.3. The van der Waals surface area contributed by atoms with Crippen molar-refractivity contribution >= 4 is 10.8 Å². The van der Waals surface area contributed by atoms with Gasteiger partial charge in [-0.25, -0.2) is 4.98 Å². The summed E-state index contributed by atoms with van der Waals surface area (Å²) in [6, 6.07) is 15.2. The van der Waals surface area contributed by atoms with Gasteiger partial charge in [0.15, 0.2) is 0 Å². The van der Waals surface area contributed by atoms with Gasteiger partial charge in [0.1, 0.15) is 5.69 Å². The molecule has 8 nitrogen and oxygen atoms in total. The van der Waals surface area contributed by atoms with Crippen LogP contribution in [0.4, 0.5) is 0 Å². The highest BCUT2D eigenvalue weighted by molar-refractivity contribution is 7.85. The SMILES string of the molecule is CNCc1ccc(-c2nnc(-c3cncc(-c4ccc(S(=O)CCCO)cc4)n3)o2)cc1. The van der Waals surface area contributed by atoms with Crippen molar-refractivity contribution in [3.8, 4) is 34.3 Å². The molecule has 2 aromatic carbocycles. The van der Waals surface area contributed by atoms with Crippen LogP contribution in [0.3, 0.4) is 0 Å². The van der Waals surface area contributed by atoms with E-state index in [4.69, 9.17) is 9.52 Å². The van der Waals surface area contributed by atoms with E-state index < -0.39 is 10.8 Å². The van der Waals surface area contributed by atoms with Crippen LogP contribution < -0.4 is 5.32 Å². The minimum atomic E-state index is -1.13. The van der Waals surface area contributed by atoms with Crippen LogP contribution in [0.5, 0.6) is 0 Å². The molecule has 0 aliphatic carbocycles. The van der Waals surface area contributed by atoms with Gasteiger partial charge in [0.25, 0.3) is 5.89 Å². The Morgan fingerprint density at radius 1 is 0.938 bits per heavy atom. The molecule has 9 heteroatoms. The second-order valence-electron chi connectivity index (χ2n) is 7.08. The lowest BCUT2D eigenvalue weighted by Gasteiger charge is -2.04. The van der Waals surface area contributed by atoms with Gasteiger partial charge in [0.2, 0.25) is 5.89 Å². The Bertz CT molecular complexity index is 1190. The third kappa shape index (κ3) is 5.13. The fourth-order valence-electron chi connectivity index (χ4n) is 3.11. The summed E-state index contributed by atoms with van der Waals surface area (Å²) in [7, 11) is 0.771. The first-order valence-corrected chi connectivity index (χ1v) is 11.5. The molecule has 0 fully saturated rings. The molecule has 0 aliphatic heterocycles. The minimum absolute atomic E-state index is 0.0330. The second-order valence-corrected chi connectivity index (χ2v) is 8.65. The molecule has 32 heavy (non-hydrogen) atoms. The maximum Gasteiger partial charge on any atom is 0.268 e. The van der Waals surface area contributed by atoms with Crippen LogP contribution in [-0.2, 0) is 17.3 Å². The number of rotatable bonds is 9. The van der Waals surface area contributed by atoms with Gasteiger partial charge >= 0.3 is 0 Å². The van der Waals surface area contributed by atoms with E-state index >= 15 is 0 Å². The van der Waals surface area contributed by atoms with Crippen LogP contribution in [0.2, 0.25) is 0 Å². The molecule has 1 unspecified atom stereocenters. The van der Waals surface area contributed by atoms with E-state index in [2.05, 4.69) is 25.5 Å². The largest absolute Gasteiger partial charge is 0.415 e. The van der Waals surface area contributed by atoms with E-state index in [-0.39, 0.29) is 12.5 Å². The first-order valence-electron chi connectivity index (χ1n) is 10.2. The number of aliphatic hydroxyl groups excluding tert-OH is 1. The summed E-state index contributed by atoms with van der Waals surface area (Å²) in [5.74, 6) is 1.14. The average Bonchev–Trinajstić information content (AvgIpc) is 3.34. The van der Waals surface area contributed by atoms with Crippen molar-refractivity contribution in [1.29, 1.82) is 0 Å². The molecule has 4 rings (SSSR count). The lowest BCUT2D eigenvalue weighted by molar-refractivity contribution is 0.296. The number of aromatic nitrogens is 4. The quantitative estimate of drug-likeness (QED) is 0.401. The van der Waals surface area contributed by atoms with E-state index in [1.807, 2.05) is 43.4 Å². The Hall–Kier alpha value is -3.27. The van der Waals surface area contributed by atoms with Crippen molar-refractivity contribution < 1.29 is 13.7 Å². The van der Waals surface area contributed by atoms with Crippen LogP contribution in [0.15, 0.2) is 70.2 Å². The van der Waals surface area contributed by atoms with Crippen molar-refractivity contribution in [2.24, 2.45) is 0 Å². The fourth-order valence-corrected chi connectivity index (χ4v) is 4.18. The van der Waals surface area contributed by atoms with Crippen molar-refractivity contribution in [3.63, 3.8) is 0 Å². The maximum absolute atomic E-state index is 12.2. The number of nitrogens with zero attached hydrogens (tertiary/aromatic N) is 4. The van der Waals surface area contributed by atoms with Gasteiger partial charge in [0.05, 0.1) is 28.9 Å². The van der Waals surface area contributed by atoms with E-state index in [9.17, 15) is 4.21 Å². The smallest absolute Gasteiger partial charge is 0.268 e. The number of benzene rings is 2. The van der Waals surface area contributed by atoms with E-state index in [0.29, 0.717) is 34.3 Å². The van der Waals surface area contributed by atoms with Crippen molar-refractivity contribution in [3.05, 3.63) is 66.5 Å². The zero-order chi connectivity index (χ0) is 22.3. The van der Waals surface area contributed by atoms with Crippen molar-refractivity contribution in [2.75, 3.05) is 19.4 Å². The Balaban J connectivity index is 1.53. The molecule has 2 aromatic heterocycles. The van der Waals surface area contributed by atoms with E-state index in [1.54, 1.807) is 24.5 Å². The number of nitrogens with one attached hydrogen (secondary N) is 1. The molecule has 0 saturated carbocycles. The van der Waals surface area contributed by atoms with Gasteiger partial charge in [-0.1, -0.05) is 24.3 Å². The summed E-state index contributed by atoms with van der Waals surface area (Å²) >= 11 is 0. The molecule has 4 aromatic rings. The lowest BCUT2D eigenvalue weighted by Crippen LogP contribution is -2.04. The third-order valence-corrected chi connectivity index (χ3v) is 6.22. The summed E-state index contributed by atoms with van der Waals surface area (Å²) in [6.07, 6.45) is 3.74. The third-order valence-electron chi connectivity index (χ3n) is 4.76. The summed E-state index contributed by atoms with van der Waals surface area (Å²) in [4.78, 5) is 9.59. The van der Waals surface area contributed by atoms with E-state index in [1.165, 1.54) is 0 Å². The maximum atomic E-state index is 12.2. The Labute approximate surface area is 188 Å². The normalized spacial score (nSPS) is 12.1. The molecule has 0 radical (unpaired) electrons. The van der Waals surface area contributed by atoms with Crippen molar-refractivity contribution in [2.45, 2.75) is 17.9 Å². The summed E-state index contributed by atoms with van der Waals surface area (Å²) in [6.45, 7) is 0.822. The van der Waals surface area contributed by atoms with Gasteiger partial charge in [-0.15, -0.1) is 10.2 Å². The lowest BCUT2D eigenvalue weighted by atomic mass is 10.1. The molecule has 0 spiro atoms. The standard InChI is InChI=1S/C23H23N5O3S/c1-24-13-16-3-5-18(6-4-16)22-27-28-23(31-22)21-15-25-14-20(26-21)17-7-9-19(10-8-17)32(30)12-2-11-29/h3-10,14-15,24,29H,2,11-13H2,1H3. The first kappa shape index (κ1) is 21.9. The van der Waals surface area contributed by atoms with Gasteiger partial charge < -0.3 is 14.8 Å². The highest BCUT2D eigenvalue weighted by atomic mass is 32.2. The Morgan fingerprint density at radius 3 is 2.34 bits per heavy atom. The Morgan fingerprint density at radius 2 is 1.62 bits per heavy atom. The first-order chi connectivity index (χ1) is 15.7. The average molecular weight is 450 g/mol. The van der Waals surface area contributed by atoms with Gasteiger partial charge in [0, 0.05) is 34.9 Å². The van der Waals surface area contributed by atoms with Crippen LogP contribution in [0.25, 0.3) is 34.3 Å². The number of hydrogen-bond donors (Lipinski definition) is 2. The molecular weight excluding hydrogens is 426 g/mol. The topological polar surface area (TPSA) is 114 Å². The zero-order valence-electron chi connectivity index (χ0n) is 17.6. The van der Waals surface area contributed by atoms with Crippen LogP contribution in [0.1, 0.15) is 12.0 Å². The van der Waals surface area contributed by atoms with E-state index in [0.717, 1.165) is 23.2 Å². The number of aliphatic hydroxyl groups is 1. The highest BCUT2D eigenvalue weighted by Crippen LogP contribution is 2.25. The zero-order valence-corrected chi connectivity index (χ0v) is 18.4. The molecule has 164 valence electrons. The minimum Gasteiger partial charge on any atom is -0.415 e. The van der Waals surface area contributed by atoms with Gasteiger partial charge in [-0.3, -0.25) is 9.19 Å². The Kier molecular flexibility index (Phi) is 7.10. The monoisotopic (exact) mass is 449 g/mol. The molecule has 0 bridgehead atoms. The highest BCUT2D eigenvalue weighted by Gasteiger charge is 2.13. The van der Waals surface area contributed by atoms with Gasteiger partial charge in [-0.05, 0) is 43.3 Å². The van der Waals surface area contributed by atoms with Crippen LogP contribution >= 0.6 is 0 Å². The van der Waals surface area contributed by atoms with Gasteiger partial charge in [-0.2, -0.15) is 0 Å². The second kappa shape index (κ2) is 10.4.